The van der Waals surface area contributed by atoms with Crippen LogP contribution in [-0.2, 0) is 0 Å². The van der Waals surface area contributed by atoms with Crippen molar-refractivity contribution in [1.29, 1.82) is 0 Å². The topological polar surface area (TPSA) is 21.8 Å². The Labute approximate surface area is 119 Å². The van der Waals surface area contributed by atoms with Gasteiger partial charge in [-0.2, -0.15) is 0 Å². The molecule has 1 N–H and O–H groups in total. The van der Waals surface area contributed by atoms with Crippen LogP contribution in [0.25, 0.3) is 0 Å². The molecule has 0 bridgehead atoms. The Hall–Kier alpha value is -0.160. The van der Waals surface area contributed by atoms with Gasteiger partial charge in [-0.1, -0.05) is 13.8 Å². The molecule has 0 aromatic heterocycles. The summed E-state index contributed by atoms with van der Waals surface area (Å²) in [4.78, 5) is 7.69. The van der Waals surface area contributed by atoms with Crippen molar-refractivity contribution in [2.45, 2.75) is 32.4 Å². The van der Waals surface area contributed by atoms with Gasteiger partial charge in [-0.05, 0) is 39.5 Å². The van der Waals surface area contributed by atoms with Crippen LogP contribution >= 0.6 is 0 Å². The maximum Gasteiger partial charge on any atom is 0.0347 e. The van der Waals surface area contributed by atoms with E-state index in [9.17, 15) is 0 Å². The van der Waals surface area contributed by atoms with E-state index in [-0.39, 0.29) is 0 Å². The largest absolute Gasteiger partial charge is 0.314 e. The quantitative estimate of drug-likeness (QED) is 0.786. The summed E-state index contributed by atoms with van der Waals surface area (Å²) in [5.74, 6) is 0.856. The zero-order chi connectivity index (χ0) is 13.8. The van der Waals surface area contributed by atoms with Crippen molar-refractivity contribution in [3.63, 3.8) is 0 Å². The fraction of sp³-hybridized carbons (Fsp3) is 1.00. The first-order chi connectivity index (χ1) is 9.04. The van der Waals surface area contributed by atoms with Crippen LogP contribution in [0.5, 0.6) is 0 Å². The van der Waals surface area contributed by atoms with E-state index in [2.05, 4.69) is 48.0 Å². The number of hydrogen-bond acceptors (Lipinski definition) is 4. The highest BCUT2D eigenvalue weighted by Crippen LogP contribution is 2.17. The number of likely N-dealkylation sites (tertiary alicyclic amines) is 1. The summed E-state index contributed by atoms with van der Waals surface area (Å²) in [6.07, 6.45) is 1.37. The van der Waals surface area contributed by atoms with Crippen LogP contribution in [0, 0.1) is 5.92 Å². The standard InChI is InChI=1S/C15H32N4/c1-13(2)16-9-14-5-6-19(10-14)12-15-11-17(3)7-8-18(15)4/h13-16H,5-12H2,1-4H3. The molecule has 2 atom stereocenters. The van der Waals surface area contributed by atoms with Crippen LogP contribution in [0.1, 0.15) is 20.3 Å². The lowest BCUT2D eigenvalue weighted by atomic mass is 10.1. The molecular weight excluding hydrogens is 236 g/mol. The molecule has 2 heterocycles. The van der Waals surface area contributed by atoms with Crippen molar-refractivity contribution >= 4 is 0 Å². The van der Waals surface area contributed by atoms with Gasteiger partial charge in [-0.25, -0.2) is 0 Å². The number of rotatable bonds is 5. The van der Waals surface area contributed by atoms with Gasteiger partial charge in [0.05, 0.1) is 0 Å². The molecule has 2 unspecified atom stereocenters. The number of nitrogens with one attached hydrogen (secondary N) is 1. The lowest BCUT2D eigenvalue weighted by molar-refractivity contribution is 0.0880. The summed E-state index contributed by atoms with van der Waals surface area (Å²) in [5, 5.41) is 3.58. The highest BCUT2D eigenvalue weighted by Gasteiger charge is 2.28. The van der Waals surface area contributed by atoms with E-state index in [1.54, 1.807) is 0 Å². The zero-order valence-corrected chi connectivity index (χ0v) is 13.2. The van der Waals surface area contributed by atoms with E-state index >= 15 is 0 Å². The average Bonchev–Trinajstić information content (AvgIpc) is 2.79. The van der Waals surface area contributed by atoms with E-state index in [1.165, 1.54) is 52.2 Å². The molecule has 0 saturated carbocycles. The molecule has 2 aliphatic rings. The van der Waals surface area contributed by atoms with E-state index in [0.29, 0.717) is 6.04 Å². The van der Waals surface area contributed by atoms with Gasteiger partial charge in [0, 0.05) is 44.8 Å². The van der Waals surface area contributed by atoms with E-state index in [0.717, 1.165) is 12.0 Å². The highest BCUT2D eigenvalue weighted by atomic mass is 15.3. The van der Waals surface area contributed by atoms with Crippen LogP contribution in [0.4, 0.5) is 0 Å². The van der Waals surface area contributed by atoms with Crippen LogP contribution in [0.3, 0.4) is 0 Å². The normalized spacial score (nSPS) is 31.4. The molecule has 0 aromatic rings. The summed E-state index contributed by atoms with van der Waals surface area (Å²) in [7, 11) is 4.53. The molecule has 4 heteroatoms. The van der Waals surface area contributed by atoms with Crippen LogP contribution in [0.15, 0.2) is 0 Å². The Bertz CT molecular complexity index is 269. The first-order valence-corrected chi connectivity index (χ1v) is 7.89. The van der Waals surface area contributed by atoms with E-state index < -0.39 is 0 Å². The number of nitrogens with zero attached hydrogens (tertiary/aromatic N) is 3. The van der Waals surface area contributed by atoms with Crippen molar-refractivity contribution in [3.05, 3.63) is 0 Å². The molecule has 0 aromatic carbocycles. The molecule has 2 rings (SSSR count). The molecule has 112 valence electrons. The second kappa shape index (κ2) is 7.02. The monoisotopic (exact) mass is 268 g/mol. The van der Waals surface area contributed by atoms with Crippen LogP contribution in [-0.4, -0.2) is 86.7 Å². The van der Waals surface area contributed by atoms with Crippen LogP contribution < -0.4 is 5.32 Å². The summed E-state index contributed by atoms with van der Waals surface area (Å²) >= 11 is 0. The first kappa shape index (κ1) is 15.2. The molecule has 2 saturated heterocycles. The van der Waals surface area contributed by atoms with E-state index in [1.807, 2.05) is 0 Å². The number of likely N-dealkylation sites (N-methyl/N-ethyl adjacent to an activating group) is 2. The fourth-order valence-electron chi connectivity index (χ4n) is 3.24. The lowest BCUT2D eigenvalue weighted by Gasteiger charge is -2.39. The minimum atomic E-state index is 0.618. The van der Waals surface area contributed by atoms with Crippen molar-refractivity contribution in [1.82, 2.24) is 20.0 Å². The second-order valence-corrected chi connectivity index (χ2v) is 6.87. The zero-order valence-electron chi connectivity index (χ0n) is 13.2. The Morgan fingerprint density at radius 1 is 1.11 bits per heavy atom. The molecule has 4 nitrogen and oxygen atoms in total. The molecule has 0 amide bonds. The van der Waals surface area contributed by atoms with Crippen LogP contribution in [0.2, 0.25) is 0 Å². The molecule has 2 fully saturated rings. The number of piperazine rings is 1. The Balaban J connectivity index is 1.72. The summed E-state index contributed by atoms with van der Waals surface area (Å²) in [5.41, 5.74) is 0. The van der Waals surface area contributed by atoms with Gasteiger partial charge >= 0.3 is 0 Å². The molecular formula is C15H32N4. The van der Waals surface area contributed by atoms with Gasteiger partial charge < -0.3 is 15.1 Å². The smallest absolute Gasteiger partial charge is 0.0347 e. The minimum absolute atomic E-state index is 0.618. The number of hydrogen-bond donors (Lipinski definition) is 1. The maximum atomic E-state index is 3.58. The van der Waals surface area contributed by atoms with Crippen molar-refractivity contribution in [2.75, 3.05) is 59.9 Å². The first-order valence-electron chi connectivity index (χ1n) is 7.89. The van der Waals surface area contributed by atoms with E-state index in [4.69, 9.17) is 0 Å². The summed E-state index contributed by atoms with van der Waals surface area (Å²) in [6.45, 7) is 13.1. The Kier molecular flexibility index (Phi) is 5.63. The van der Waals surface area contributed by atoms with Gasteiger partial charge in [-0.3, -0.25) is 4.90 Å². The predicted octanol–water partition coefficient (Wildman–Crippen LogP) is 0.552. The molecule has 0 aliphatic carbocycles. The van der Waals surface area contributed by atoms with Crippen molar-refractivity contribution in [3.8, 4) is 0 Å². The molecule has 19 heavy (non-hydrogen) atoms. The Morgan fingerprint density at radius 2 is 1.89 bits per heavy atom. The third-order valence-corrected chi connectivity index (χ3v) is 4.63. The predicted molar refractivity (Wildman–Crippen MR) is 81.6 cm³/mol. The van der Waals surface area contributed by atoms with Gasteiger partial charge in [0.25, 0.3) is 0 Å². The molecule has 0 spiro atoms. The average molecular weight is 268 g/mol. The highest BCUT2D eigenvalue weighted by molar-refractivity contribution is 4.85. The van der Waals surface area contributed by atoms with Gasteiger partial charge in [0.1, 0.15) is 0 Å². The van der Waals surface area contributed by atoms with Gasteiger partial charge in [0.2, 0.25) is 0 Å². The SMILES string of the molecule is CC(C)NCC1CCN(CC2CN(C)CCN2C)C1. The molecule has 0 radical (unpaired) electrons. The fourth-order valence-corrected chi connectivity index (χ4v) is 3.24. The summed E-state index contributed by atoms with van der Waals surface area (Å²) in [6, 6.07) is 1.34. The summed E-state index contributed by atoms with van der Waals surface area (Å²) < 4.78 is 0. The van der Waals surface area contributed by atoms with Crippen molar-refractivity contribution < 1.29 is 0 Å². The van der Waals surface area contributed by atoms with Gasteiger partial charge in [0.15, 0.2) is 0 Å². The van der Waals surface area contributed by atoms with Crippen molar-refractivity contribution in [2.24, 2.45) is 5.92 Å². The lowest BCUT2D eigenvalue weighted by Crippen LogP contribution is -2.54. The minimum Gasteiger partial charge on any atom is -0.314 e. The molecule has 2 aliphatic heterocycles. The Morgan fingerprint density at radius 3 is 2.63 bits per heavy atom. The maximum absolute atomic E-state index is 3.58. The third kappa shape index (κ3) is 4.71. The van der Waals surface area contributed by atoms with Gasteiger partial charge in [-0.15, -0.1) is 0 Å². The second-order valence-electron chi connectivity index (χ2n) is 6.87. The third-order valence-electron chi connectivity index (χ3n) is 4.63.